The average molecular weight is 322 g/mol. The molecule has 24 heavy (non-hydrogen) atoms. The Morgan fingerprint density at radius 2 is 1.83 bits per heavy atom. The van der Waals surface area contributed by atoms with E-state index in [9.17, 15) is 9.90 Å². The number of hydrogen-bond donors (Lipinski definition) is 1. The Kier molecular flexibility index (Phi) is 6.48. The first-order chi connectivity index (χ1) is 11.7. The molecule has 4 heteroatoms. The van der Waals surface area contributed by atoms with Crippen LogP contribution in [0.5, 0.6) is 5.75 Å². The van der Waals surface area contributed by atoms with Gasteiger partial charge in [-0.2, -0.15) is 0 Å². The zero-order valence-electron chi connectivity index (χ0n) is 13.2. The highest BCUT2D eigenvalue weighted by atomic mass is 16.5. The van der Waals surface area contributed by atoms with Crippen molar-refractivity contribution in [2.45, 2.75) is 6.42 Å². The number of benzene rings is 2. The third kappa shape index (κ3) is 5.22. The Morgan fingerprint density at radius 1 is 1.08 bits per heavy atom. The van der Waals surface area contributed by atoms with Crippen molar-refractivity contribution in [1.29, 1.82) is 0 Å². The highest BCUT2D eigenvalue weighted by Gasteiger charge is 2.11. The van der Waals surface area contributed by atoms with E-state index in [1.807, 2.05) is 30.3 Å². The first-order valence-corrected chi connectivity index (χ1v) is 7.50. The fraction of sp³-hybridized carbons (Fsp3) is 0.150. The Bertz CT molecular complexity index is 754. The molecule has 122 valence electrons. The van der Waals surface area contributed by atoms with Gasteiger partial charge in [0.2, 0.25) is 0 Å². The fourth-order valence-electron chi connectivity index (χ4n) is 1.97. The lowest BCUT2D eigenvalue weighted by atomic mass is 10.1. The zero-order chi connectivity index (χ0) is 17.2. The molecule has 0 heterocycles. The van der Waals surface area contributed by atoms with Crippen LogP contribution in [-0.2, 0) is 4.74 Å². The molecule has 0 aliphatic rings. The van der Waals surface area contributed by atoms with Crippen LogP contribution in [0.1, 0.15) is 27.9 Å². The van der Waals surface area contributed by atoms with Crippen LogP contribution in [0.4, 0.5) is 0 Å². The van der Waals surface area contributed by atoms with E-state index in [0.717, 1.165) is 5.56 Å². The smallest absolute Gasteiger partial charge is 0.339 e. The van der Waals surface area contributed by atoms with Crippen LogP contribution >= 0.6 is 0 Å². The van der Waals surface area contributed by atoms with E-state index in [1.54, 1.807) is 12.1 Å². The summed E-state index contributed by atoms with van der Waals surface area (Å²) in [5, 5.41) is 9.35. The van der Waals surface area contributed by atoms with Crippen LogP contribution in [0.2, 0.25) is 0 Å². The summed E-state index contributed by atoms with van der Waals surface area (Å²) in [6.45, 7) is 4.29. The van der Waals surface area contributed by atoms with Gasteiger partial charge >= 0.3 is 5.97 Å². The van der Waals surface area contributed by atoms with Gasteiger partial charge in [0.15, 0.2) is 0 Å². The molecule has 1 N–H and O–H groups in total. The number of hydrogen-bond acceptors (Lipinski definition) is 3. The molecule has 0 unspecified atom stereocenters. The molecule has 0 aliphatic heterocycles. The highest BCUT2D eigenvalue weighted by Crippen LogP contribution is 2.20. The summed E-state index contributed by atoms with van der Waals surface area (Å²) in [5.41, 5.74) is 1.59. The zero-order valence-corrected chi connectivity index (χ0v) is 13.2. The van der Waals surface area contributed by atoms with Gasteiger partial charge in [0, 0.05) is 17.5 Å². The van der Waals surface area contributed by atoms with Crippen molar-refractivity contribution in [3.63, 3.8) is 0 Å². The van der Waals surface area contributed by atoms with Crippen LogP contribution < -0.4 is 4.74 Å². The maximum Gasteiger partial charge on any atom is 0.339 e. The minimum Gasteiger partial charge on any atom is -0.502 e. The largest absolute Gasteiger partial charge is 0.502 e. The van der Waals surface area contributed by atoms with Gasteiger partial charge < -0.3 is 14.6 Å². The van der Waals surface area contributed by atoms with E-state index < -0.39 is 5.97 Å². The lowest BCUT2D eigenvalue weighted by molar-refractivity contribution is 0.0692. The summed E-state index contributed by atoms with van der Waals surface area (Å²) < 4.78 is 10.5. The number of carboxylic acid groups (broad SMARTS) is 1. The Balaban J connectivity index is 2.10. The van der Waals surface area contributed by atoms with Gasteiger partial charge in [0.25, 0.3) is 0 Å². The second-order valence-electron chi connectivity index (χ2n) is 4.87. The lowest BCUT2D eigenvalue weighted by Gasteiger charge is -2.09. The average Bonchev–Trinajstić information content (AvgIpc) is 2.61. The molecular formula is C20H18O4. The fourth-order valence-corrected chi connectivity index (χ4v) is 1.97. The van der Waals surface area contributed by atoms with Gasteiger partial charge in [0.1, 0.15) is 11.3 Å². The predicted molar refractivity (Wildman–Crippen MR) is 92.1 cm³/mol. The summed E-state index contributed by atoms with van der Waals surface area (Å²) in [4.78, 5) is 11.4. The molecule has 0 saturated carbocycles. The summed E-state index contributed by atoms with van der Waals surface area (Å²) in [6, 6.07) is 14.4. The SMILES string of the molecule is C=COCCCOc1ccc(C#Cc2ccccc2)cc1C(=O)O. The van der Waals surface area contributed by atoms with Crippen molar-refractivity contribution in [2.24, 2.45) is 0 Å². The number of carboxylic acids is 1. The van der Waals surface area contributed by atoms with Crippen molar-refractivity contribution in [1.82, 2.24) is 0 Å². The van der Waals surface area contributed by atoms with Gasteiger partial charge in [-0.15, -0.1) is 0 Å². The minimum absolute atomic E-state index is 0.0968. The second kappa shape index (κ2) is 9.06. The van der Waals surface area contributed by atoms with Crippen molar-refractivity contribution < 1.29 is 19.4 Å². The van der Waals surface area contributed by atoms with Crippen LogP contribution in [0.3, 0.4) is 0 Å². The summed E-state index contributed by atoms with van der Waals surface area (Å²) >= 11 is 0. The summed E-state index contributed by atoms with van der Waals surface area (Å²) in [7, 11) is 0. The Hall–Kier alpha value is -3.19. The van der Waals surface area contributed by atoms with Crippen LogP contribution in [0, 0.1) is 11.8 Å². The molecule has 0 atom stereocenters. The Morgan fingerprint density at radius 3 is 2.54 bits per heavy atom. The quantitative estimate of drug-likeness (QED) is 0.479. The Labute approximate surface area is 141 Å². The normalized spacial score (nSPS) is 9.50. The number of aromatic carboxylic acids is 1. The van der Waals surface area contributed by atoms with E-state index in [0.29, 0.717) is 30.9 Å². The monoisotopic (exact) mass is 322 g/mol. The van der Waals surface area contributed by atoms with Crippen LogP contribution in [0.25, 0.3) is 0 Å². The molecule has 0 fully saturated rings. The molecule has 2 aromatic rings. The third-order valence-electron chi connectivity index (χ3n) is 3.12. The molecule has 0 radical (unpaired) electrons. The third-order valence-corrected chi connectivity index (χ3v) is 3.12. The van der Waals surface area contributed by atoms with E-state index in [2.05, 4.69) is 18.4 Å². The molecule has 0 spiro atoms. The van der Waals surface area contributed by atoms with Gasteiger partial charge in [-0.1, -0.05) is 36.6 Å². The van der Waals surface area contributed by atoms with E-state index in [1.165, 1.54) is 12.3 Å². The maximum atomic E-state index is 11.4. The lowest BCUT2D eigenvalue weighted by Crippen LogP contribution is -2.06. The number of ether oxygens (including phenoxy) is 2. The molecule has 0 aromatic heterocycles. The van der Waals surface area contributed by atoms with Crippen molar-refractivity contribution >= 4 is 5.97 Å². The van der Waals surface area contributed by atoms with Crippen molar-refractivity contribution in [2.75, 3.05) is 13.2 Å². The second-order valence-corrected chi connectivity index (χ2v) is 4.87. The molecule has 0 bridgehead atoms. The topological polar surface area (TPSA) is 55.8 Å². The molecule has 2 rings (SSSR count). The molecule has 0 saturated heterocycles. The van der Waals surface area contributed by atoms with Gasteiger partial charge in [0.05, 0.1) is 19.5 Å². The summed E-state index contributed by atoms with van der Waals surface area (Å²) in [6.07, 6.45) is 2.00. The molecular weight excluding hydrogens is 304 g/mol. The predicted octanol–water partition coefficient (Wildman–Crippen LogP) is 3.71. The maximum absolute atomic E-state index is 11.4. The van der Waals surface area contributed by atoms with Crippen LogP contribution in [0.15, 0.2) is 61.4 Å². The molecule has 0 aliphatic carbocycles. The van der Waals surface area contributed by atoms with Crippen molar-refractivity contribution in [3.05, 3.63) is 78.1 Å². The first kappa shape index (κ1) is 17.2. The van der Waals surface area contributed by atoms with Gasteiger partial charge in [-0.25, -0.2) is 4.79 Å². The van der Waals surface area contributed by atoms with Crippen molar-refractivity contribution in [3.8, 4) is 17.6 Å². The van der Waals surface area contributed by atoms with E-state index >= 15 is 0 Å². The molecule has 2 aromatic carbocycles. The number of carbonyl (C=O) groups is 1. The highest BCUT2D eigenvalue weighted by molar-refractivity contribution is 5.91. The molecule has 0 amide bonds. The minimum atomic E-state index is -1.05. The van der Waals surface area contributed by atoms with Gasteiger partial charge in [-0.05, 0) is 30.3 Å². The summed E-state index contributed by atoms with van der Waals surface area (Å²) in [5.74, 6) is 5.25. The van der Waals surface area contributed by atoms with E-state index in [-0.39, 0.29) is 5.56 Å². The number of rotatable bonds is 7. The van der Waals surface area contributed by atoms with E-state index in [4.69, 9.17) is 9.47 Å². The first-order valence-electron chi connectivity index (χ1n) is 7.50. The molecule has 4 nitrogen and oxygen atoms in total. The van der Waals surface area contributed by atoms with Gasteiger partial charge in [-0.3, -0.25) is 0 Å². The standard InChI is InChI=1S/C20H18O4/c1-2-23-13-6-14-24-19-12-11-17(15-18(19)20(21)22)10-9-16-7-4-3-5-8-16/h2-5,7-8,11-12,15H,1,6,13-14H2,(H,21,22). The van der Waals surface area contributed by atoms with Crippen LogP contribution in [-0.4, -0.2) is 24.3 Å².